The Morgan fingerprint density at radius 2 is 1.89 bits per heavy atom. The quantitative estimate of drug-likeness (QED) is 0.795. The zero-order chi connectivity index (χ0) is 13.7. The number of nitriles is 1. The Labute approximate surface area is 111 Å². The van der Waals surface area contributed by atoms with Crippen molar-refractivity contribution in [2.75, 3.05) is 0 Å². The molecule has 19 heavy (non-hydrogen) atoms. The monoisotopic (exact) mass is 274 g/mol. The average molecular weight is 274 g/mol. The van der Waals surface area contributed by atoms with Crippen LogP contribution in [0.25, 0.3) is 0 Å². The first-order chi connectivity index (χ1) is 9.11. The molecule has 2 aromatic rings. The highest BCUT2D eigenvalue weighted by molar-refractivity contribution is 7.86. The summed E-state index contributed by atoms with van der Waals surface area (Å²) in [6.07, 6.45) is 1.40. The van der Waals surface area contributed by atoms with Crippen LogP contribution in [0.3, 0.4) is 0 Å². The summed E-state index contributed by atoms with van der Waals surface area (Å²) in [5, 5.41) is 8.82. The van der Waals surface area contributed by atoms with Crippen molar-refractivity contribution in [3.8, 4) is 11.8 Å². The van der Waals surface area contributed by atoms with E-state index in [4.69, 9.17) is 9.44 Å². The number of benzene rings is 1. The standard InChI is InChI=1S/C13H10N2O3S/c14-9-12-13(7-4-8-15-12)18-19(16,17)10-11-5-2-1-3-6-11/h1-8H,10H2. The molecule has 1 aromatic heterocycles. The molecule has 0 saturated carbocycles. The summed E-state index contributed by atoms with van der Waals surface area (Å²) in [6.45, 7) is 0. The van der Waals surface area contributed by atoms with E-state index in [0.717, 1.165) is 0 Å². The van der Waals surface area contributed by atoms with Gasteiger partial charge < -0.3 is 4.18 Å². The maximum absolute atomic E-state index is 11.9. The Kier molecular flexibility index (Phi) is 3.78. The molecule has 1 heterocycles. The molecular formula is C13H10N2O3S. The fourth-order valence-corrected chi connectivity index (χ4v) is 2.55. The van der Waals surface area contributed by atoms with E-state index in [1.165, 1.54) is 18.3 Å². The lowest BCUT2D eigenvalue weighted by Crippen LogP contribution is -2.13. The molecule has 0 atom stereocenters. The van der Waals surface area contributed by atoms with Crippen LogP contribution < -0.4 is 4.18 Å². The van der Waals surface area contributed by atoms with Crippen LogP contribution in [0.4, 0.5) is 0 Å². The molecule has 0 amide bonds. The van der Waals surface area contributed by atoms with Crippen molar-refractivity contribution in [3.63, 3.8) is 0 Å². The van der Waals surface area contributed by atoms with Crippen LogP contribution in [0.5, 0.6) is 5.75 Å². The molecule has 0 aliphatic heterocycles. The Morgan fingerprint density at radius 1 is 1.16 bits per heavy atom. The highest BCUT2D eigenvalue weighted by atomic mass is 32.2. The number of rotatable bonds is 4. The van der Waals surface area contributed by atoms with Crippen LogP contribution in [0.2, 0.25) is 0 Å². The predicted molar refractivity (Wildman–Crippen MR) is 68.6 cm³/mol. The van der Waals surface area contributed by atoms with Crippen LogP contribution in [-0.2, 0) is 15.9 Å². The number of aromatic nitrogens is 1. The zero-order valence-corrected chi connectivity index (χ0v) is 10.7. The minimum absolute atomic E-state index is 0.0547. The van der Waals surface area contributed by atoms with Gasteiger partial charge in [0.05, 0.1) is 0 Å². The van der Waals surface area contributed by atoms with Gasteiger partial charge in [0.2, 0.25) is 0 Å². The van der Waals surface area contributed by atoms with Gasteiger partial charge in [-0.3, -0.25) is 0 Å². The van der Waals surface area contributed by atoms with Crippen molar-refractivity contribution < 1.29 is 12.6 Å². The fourth-order valence-electron chi connectivity index (χ4n) is 1.49. The van der Waals surface area contributed by atoms with Crippen LogP contribution in [-0.4, -0.2) is 13.4 Å². The summed E-state index contributed by atoms with van der Waals surface area (Å²) in [6, 6.07) is 13.4. The molecule has 96 valence electrons. The third kappa shape index (κ3) is 3.53. The Bertz CT molecular complexity index is 706. The minimum Gasteiger partial charge on any atom is -0.379 e. The lowest BCUT2D eigenvalue weighted by molar-refractivity contribution is 0.483. The van der Waals surface area contributed by atoms with Crippen molar-refractivity contribution in [1.82, 2.24) is 4.98 Å². The van der Waals surface area contributed by atoms with E-state index in [0.29, 0.717) is 5.56 Å². The van der Waals surface area contributed by atoms with E-state index < -0.39 is 10.1 Å². The van der Waals surface area contributed by atoms with E-state index in [1.807, 2.05) is 0 Å². The normalized spacial score (nSPS) is 10.7. The lowest BCUT2D eigenvalue weighted by Gasteiger charge is -2.07. The number of hydrogen-bond donors (Lipinski definition) is 0. The summed E-state index contributed by atoms with van der Waals surface area (Å²) in [5.41, 5.74) is 0.559. The van der Waals surface area contributed by atoms with Gasteiger partial charge in [-0.25, -0.2) is 4.98 Å². The van der Waals surface area contributed by atoms with E-state index in [-0.39, 0.29) is 17.2 Å². The molecule has 0 fully saturated rings. The largest absolute Gasteiger partial charge is 0.379 e. The average Bonchev–Trinajstić information content (AvgIpc) is 2.39. The molecule has 6 heteroatoms. The fraction of sp³-hybridized carbons (Fsp3) is 0.0769. The molecule has 0 N–H and O–H groups in total. The van der Waals surface area contributed by atoms with Gasteiger partial charge in [-0.2, -0.15) is 13.7 Å². The molecule has 0 bridgehead atoms. The van der Waals surface area contributed by atoms with Crippen LogP contribution in [0.1, 0.15) is 11.3 Å². The molecule has 2 rings (SSSR count). The van der Waals surface area contributed by atoms with Crippen LogP contribution >= 0.6 is 0 Å². The molecule has 0 aliphatic rings. The minimum atomic E-state index is -3.81. The van der Waals surface area contributed by atoms with E-state index >= 15 is 0 Å². The van der Waals surface area contributed by atoms with E-state index in [1.54, 1.807) is 36.4 Å². The van der Waals surface area contributed by atoms with Crippen molar-refractivity contribution in [2.45, 2.75) is 5.75 Å². The lowest BCUT2D eigenvalue weighted by atomic mass is 10.2. The Hall–Kier alpha value is -2.39. The van der Waals surface area contributed by atoms with Crippen LogP contribution in [0.15, 0.2) is 48.7 Å². The molecule has 0 spiro atoms. The van der Waals surface area contributed by atoms with Gasteiger partial charge in [-0.15, -0.1) is 0 Å². The first-order valence-corrected chi connectivity index (χ1v) is 7.00. The third-order valence-electron chi connectivity index (χ3n) is 2.28. The highest BCUT2D eigenvalue weighted by Crippen LogP contribution is 2.18. The Morgan fingerprint density at radius 3 is 2.58 bits per heavy atom. The summed E-state index contributed by atoms with van der Waals surface area (Å²) < 4.78 is 28.7. The topological polar surface area (TPSA) is 80.0 Å². The highest BCUT2D eigenvalue weighted by Gasteiger charge is 2.16. The molecule has 5 nitrogen and oxygen atoms in total. The third-order valence-corrected chi connectivity index (χ3v) is 3.40. The molecule has 1 aromatic carbocycles. The molecular weight excluding hydrogens is 264 g/mol. The smallest absolute Gasteiger partial charge is 0.313 e. The molecule has 0 unspecified atom stereocenters. The SMILES string of the molecule is N#Cc1ncccc1OS(=O)(=O)Cc1ccccc1. The van der Waals surface area contributed by atoms with Crippen LogP contribution in [0, 0.1) is 11.3 Å². The van der Waals surface area contributed by atoms with E-state index in [9.17, 15) is 8.42 Å². The molecule has 0 radical (unpaired) electrons. The number of pyridine rings is 1. The summed E-state index contributed by atoms with van der Waals surface area (Å²) >= 11 is 0. The van der Waals surface area contributed by atoms with E-state index in [2.05, 4.69) is 4.98 Å². The maximum atomic E-state index is 11.9. The Balaban J connectivity index is 2.21. The number of hydrogen-bond acceptors (Lipinski definition) is 5. The second-order valence-corrected chi connectivity index (χ2v) is 5.30. The van der Waals surface area contributed by atoms with Gasteiger partial charge in [0.25, 0.3) is 0 Å². The molecule has 0 aliphatic carbocycles. The van der Waals surface area contributed by atoms with Gasteiger partial charge in [0.1, 0.15) is 11.8 Å². The second kappa shape index (κ2) is 5.50. The van der Waals surface area contributed by atoms with Crippen molar-refractivity contribution in [3.05, 3.63) is 59.9 Å². The maximum Gasteiger partial charge on any atom is 0.313 e. The predicted octanol–water partition coefficient (Wildman–Crippen LogP) is 1.86. The number of nitrogens with zero attached hydrogens (tertiary/aromatic N) is 2. The van der Waals surface area contributed by atoms with Crippen molar-refractivity contribution >= 4 is 10.1 Å². The van der Waals surface area contributed by atoms with Gasteiger partial charge in [0, 0.05) is 6.20 Å². The van der Waals surface area contributed by atoms with Crippen molar-refractivity contribution in [2.24, 2.45) is 0 Å². The van der Waals surface area contributed by atoms with Gasteiger partial charge in [-0.05, 0) is 17.7 Å². The first-order valence-electron chi connectivity index (χ1n) is 5.42. The summed E-state index contributed by atoms with van der Waals surface area (Å²) in [4.78, 5) is 3.74. The van der Waals surface area contributed by atoms with Gasteiger partial charge in [0.15, 0.2) is 11.4 Å². The second-order valence-electron chi connectivity index (χ2n) is 3.73. The first kappa shape index (κ1) is 13.1. The van der Waals surface area contributed by atoms with Gasteiger partial charge in [-0.1, -0.05) is 30.3 Å². The summed E-state index contributed by atoms with van der Waals surface area (Å²) in [7, 11) is -3.81. The zero-order valence-electron chi connectivity index (χ0n) is 9.85. The summed E-state index contributed by atoms with van der Waals surface area (Å²) in [5.74, 6) is -0.311. The molecule has 0 saturated heterocycles. The van der Waals surface area contributed by atoms with Crippen molar-refractivity contribution in [1.29, 1.82) is 5.26 Å². The van der Waals surface area contributed by atoms with Gasteiger partial charge >= 0.3 is 10.1 Å².